The van der Waals surface area contributed by atoms with Crippen LogP contribution in [0.2, 0.25) is 0 Å². The van der Waals surface area contributed by atoms with E-state index in [0.717, 1.165) is 5.56 Å². The van der Waals surface area contributed by atoms with Gasteiger partial charge in [-0.15, -0.1) is 0 Å². The van der Waals surface area contributed by atoms with Crippen LogP contribution < -0.4 is 10.6 Å². The van der Waals surface area contributed by atoms with Crippen LogP contribution in [0.25, 0.3) is 6.08 Å². The summed E-state index contributed by atoms with van der Waals surface area (Å²) in [5, 5.41) is 5.04. The molecule has 3 nitrogen and oxygen atoms in total. The number of rotatable bonds is 2. The summed E-state index contributed by atoms with van der Waals surface area (Å²) in [6.07, 6.45) is 3.49. The molecule has 1 aromatic carbocycles. The van der Waals surface area contributed by atoms with Gasteiger partial charge in [-0.3, -0.25) is 0 Å². The zero-order chi connectivity index (χ0) is 10.4. The molecule has 0 aromatic heterocycles. The van der Waals surface area contributed by atoms with E-state index in [1.165, 1.54) is 5.56 Å². The third-order valence-electron chi connectivity index (χ3n) is 1.89. The summed E-state index contributed by atoms with van der Waals surface area (Å²) in [6.45, 7) is 2.03. The van der Waals surface area contributed by atoms with Crippen molar-refractivity contribution in [3.05, 3.63) is 41.6 Å². The monoisotopic (exact) mass is 190 g/mol. The van der Waals surface area contributed by atoms with Crippen molar-refractivity contribution in [2.75, 3.05) is 7.05 Å². The summed E-state index contributed by atoms with van der Waals surface area (Å²) >= 11 is 0. The Labute approximate surface area is 83.8 Å². The van der Waals surface area contributed by atoms with Gasteiger partial charge in [-0.05, 0) is 24.1 Å². The van der Waals surface area contributed by atoms with Crippen LogP contribution >= 0.6 is 0 Å². The van der Waals surface area contributed by atoms with Gasteiger partial charge in [0.05, 0.1) is 0 Å². The summed E-state index contributed by atoms with van der Waals surface area (Å²) < 4.78 is 0. The molecular formula is C11H14N2O. The summed E-state index contributed by atoms with van der Waals surface area (Å²) in [4.78, 5) is 10.8. The van der Waals surface area contributed by atoms with Gasteiger partial charge in [0.2, 0.25) is 0 Å². The maximum atomic E-state index is 10.8. The molecule has 14 heavy (non-hydrogen) atoms. The highest BCUT2D eigenvalue weighted by Crippen LogP contribution is 2.07. The van der Waals surface area contributed by atoms with Gasteiger partial charge >= 0.3 is 6.03 Å². The lowest BCUT2D eigenvalue weighted by atomic mass is 10.1. The Kier molecular flexibility index (Phi) is 3.73. The number of carbonyl (C=O) groups excluding carboxylic acids is 1. The van der Waals surface area contributed by atoms with Crippen LogP contribution in [0.15, 0.2) is 30.5 Å². The zero-order valence-corrected chi connectivity index (χ0v) is 8.37. The number of hydrogen-bond donors (Lipinski definition) is 2. The Balaban J connectivity index is 2.60. The number of amides is 2. The van der Waals surface area contributed by atoms with E-state index in [0.29, 0.717) is 0 Å². The molecule has 0 aliphatic rings. The Bertz CT molecular complexity index is 345. The van der Waals surface area contributed by atoms with Gasteiger partial charge in [-0.2, -0.15) is 0 Å². The molecular weight excluding hydrogens is 176 g/mol. The van der Waals surface area contributed by atoms with Crippen LogP contribution in [0.5, 0.6) is 0 Å². The summed E-state index contributed by atoms with van der Waals surface area (Å²) in [6, 6.07) is 7.76. The van der Waals surface area contributed by atoms with Crippen LogP contribution in [-0.4, -0.2) is 13.1 Å². The van der Waals surface area contributed by atoms with E-state index in [-0.39, 0.29) is 6.03 Å². The Morgan fingerprint density at radius 2 is 2.07 bits per heavy atom. The van der Waals surface area contributed by atoms with Gasteiger partial charge in [0.25, 0.3) is 0 Å². The maximum absolute atomic E-state index is 10.8. The fraction of sp³-hybridized carbons (Fsp3) is 0.182. The smallest absolute Gasteiger partial charge is 0.318 e. The van der Waals surface area contributed by atoms with Gasteiger partial charge in [0.1, 0.15) is 0 Å². The average molecular weight is 190 g/mol. The number of urea groups is 1. The van der Waals surface area contributed by atoms with E-state index < -0.39 is 0 Å². The molecule has 0 spiro atoms. The predicted octanol–water partition coefficient (Wildman–Crippen LogP) is 1.89. The molecule has 74 valence electrons. The normalized spacial score (nSPS) is 10.1. The van der Waals surface area contributed by atoms with Crippen molar-refractivity contribution in [1.82, 2.24) is 10.6 Å². The molecule has 2 amide bonds. The third kappa shape index (κ3) is 2.94. The third-order valence-corrected chi connectivity index (χ3v) is 1.89. The van der Waals surface area contributed by atoms with Crippen molar-refractivity contribution in [2.45, 2.75) is 6.92 Å². The second-order valence-electron chi connectivity index (χ2n) is 2.91. The molecule has 0 aliphatic heterocycles. The molecule has 1 rings (SSSR count). The first-order valence-corrected chi connectivity index (χ1v) is 4.44. The average Bonchev–Trinajstić information content (AvgIpc) is 2.20. The van der Waals surface area contributed by atoms with E-state index in [1.807, 2.05) is 37.3 Å². The first-order chi connectivity index (χ1) is 6.74. The minimum absolute atomic E-state index is 0.213. The molecule has 0 atom stereocenters. The minimum atomic E-state index is -0.213. The molecule has 0 saturated heterocycles. The van der Waals surface area contributed by atoms with Gasteiger partial charge < -0.3 is 10.6 Å². The van der Waals surface area contributed by atoms with Crippen LogP contribution in [0.4, 0.5) is 4.79 Å². The lowest BCUT2D eigenvalue weighted by Crippen LogP contribution is -2.28. The number of benzene rings is 1. The summed E-state index contributed by atoms with van der Waals surface area (Å²) in [7, 11) is 1.58. The number of hydrogen-bond acceptors (Lipinski definition) is 1. The van der Waals surface area contributed by atoms with Crippen molar-refractivity contribution in [3.63, 3.8) is 0 Å². The highest BCUT2D eigenvalue weighted by molar-refractivity contribution is 5.75. The quantitative estimate of drug-likeness (QED) is 0.734. The molecule has 0 radical (unpaired) electrons. The van der Waals surface area contributed by atoms with Crippen molar-refractivity contribution >= 4 is 12.1 Å². The van der Waals surface area contributed by atoms with Gasteiger partial charge in [0, 0.05) is 13.2 Å². The Morgan fingerprint density at radius 1 is 1.36 bits per heavy atom. The summed E-state index contributed by atoms with van der Waals surface area (Å²) in [5.41, 5.74) is 2.28. The van der Waals surface area contributed by atoms with E-state index in [1.54, 1.807) is 13.2 Å². The first kappa shape index (κ1) is 10.3. The highest BCUT2D eigenvalue weighted by atomic mass is 16.2. The molecule has 0 heterocycles. The largest absolute Gasteiger partial charge is 0.341 e. The fourth-order valence-electron chi connectivity index (χ4n) is 1.05. The van der Waals surface area contributed by atoms with Crippen LogP contribution in [0.3, 0.4) is 0 Å². The number of carbonyl (C=O) groups is 1. The first-order valence-electron chi connectivity index (χ1n) is 4.44. The molecule has 0 aliphatic carbocycles. The van der Waals surface area contributed by atoms with Crippen molar-refractivity contribution in [2.24, 2.45) is 0 Å². The van der Waals surface area contributed by atoms with E-state index in [4.69, 9.17) is 0 Å². The van der Waals surface area contributed by atoms with Crippen LogP contribution in [0.1, 0.15) is 11.1 Å². The fourth-order valence-corrected chi connectivity index (χ4v) is 1.05. The molecule has 0 fully saturated rings. The molecule has 2 N–H and O–H groups in total. The van der Waals surface area contributed by atoms with Crippen molar-refractivity contribution in [1.29, 1.82) is 0 Å². The van der Waals surface area contributed by atoms with Gasteiger partial charge in [-0.25, -0.2) is 4.79 Å². The minimum Gasteiger partial charge on any atom is -0.341 e. The number of aryl methyl sites for hydroxylation is 1. The second-order valence-corrected chi connectivity index (χ2v) is 2.91. The standard InChI is InChI=1S/C11H14N2O/c1-9-5-3-4-6-10(9)7-8-13-11(14)12-2/h3-8H,1-2H3,(H2,12,13,14)/b8-7+. The van der Waals surface area contributed by atoms with Crippen molar-refractivity contribution < 1.29 is 4.79 Å². The van der Waals surface area contributed by atoms with Crippen LogP contribution in [0, 0.1) is 6.92 Å². The Hall–Kier alpha value is -1.77. The molecule has 3 heteroatoms. The number of nitrogens with one attached hydrogen (secondary N) is 2. The van der Waals surface area contributed by atoms with Crippen LogP contribution in [-0.2, 0) is 0 Å². The van der Waals surface area contributed by atoms with E-state index in [2.05, 4.69) is 10.6 Å². The van der Waals surface area contributed by atoms with Gasteiger partial charge in [0.15, 0.2) is 0 Å². The molecule has 0 saturated carbocycles. The lowest BCUT2D eigenvalue weighted by molar-refractivity contribution is 0.246. The lowest BCUT2D eigenvalue weighted by Gasteiger charge is -1.99. The SMILES string of the molecule is CNC(=O)N/C=C/c1ccccc1C. The zero-order valence-electron chi connectivity index (χ0n) is 8.37. The second kappa shape index (κ2) is 5.07. The Morgan fingerprint density at radius 3 is 2.71 bits per heavy atom. The summed E-state index contributed by atoms with van der Waals surface area (Å²) in [5.74, 6) is 0. The van der Waals surface area contributed by atoms with Gasteiger partial charge in [-0.1, -0.05) is 24.3 Å². The topological polar surface area (TPSA) is 41.1 Å². The van der Waals surface area contributed by atoms with Crippen molar-refractivity contribution in [3.8, 4) is 0 Å². The molecule has 0 unspecified atom stereocenters. The maximum Gasteiger partial charge on any atom is 0.318 e. The van der Waals surface area contributed by atoms with E-state index in [9.17, 15) is 4.79 Å². The molecule has 0 bridgehead atoms. The highest BCUT2D eigenvalue weighted by Gasteiger charge is 1.92. The molecule has 1 aromatic rings. The predicted molar refractivity (Wildman–Crippen MR) is 57.8 cm³/mol. The van der Waals surface area contributed by atoms with E-state index >= 15 is 0 Å².